The first-order valence-electron chi connectivity index (χ1n) is 6.74. The average Bonchev–Trinajstić information content (AvgIpc) is 2.42. The molecule has 20 heavy (non-hydrogen) atoms. The van der Waals surface area contributed by atoms with Crippen LogP contribution in [0.4, 0.5) is 0 Å². The maximum atomic E-state index is 11.3. The van der Waals surface area contributed by atoms with E-state index in [4.69, 9.17) is 9.47 Å². The molecule has 0 aliphatic heterocycles. The summed E-state index contributed by atoms with van der Waals surface area (Å²) in [5.74, 6) is -0.386. The smallest absolute Gasteiger partial charge is 0.337 e. The Morgan fingerprint density at radius 1 is 1.25 bits per heavy atom. The molecule has 2 N–H and O–H groups in total. The molecule has 3 atom stereocenters. The highest BCUT2D eigenvalue weighted by Crippen LogP contribution is 2.23. The lowest BCUT2D eigenvalue weighted by molar-refractivity contribution is -0.158. The van der Waals surface area contributed by atoms with Gasteiger partial charge < -0.3 is 19.7 Å². The fourth-order valence-corrected chi connectivity index (χ4v) is 1.57. The van der Waals surface area contributed by atoms with Gasteiger partial charge in [0.2, 0.25) is 0 Å². The zero-order valence-electron chi connectivity index (χ0n) is 12.1. The van der Waals surface area contributed by atoms with Crippen LogP contribution in [0.5, 0.6) is 5.75 Å². The molecule has 0 bridgehead atoms. The molecule has 1 rings (SSSR count). The normalized spacial score (nSPS) is 15.4. The molecule has 0 fully saturated rings. The van der Waals surface area contributed by atoms with Gasteiger partial charge in [0.15, 0.2) is 6.10 Å². The van der Waals surface area contributed by atoms with E-state index in [1.165, 1.54) is 0 Å². The van der Waals surface area contributed by atoms with Gasteiger partial charge in [0.1, 0.15) is 5.75 Å². The van der Waals surface area contributed by atoms with Gasteiger partial charge >= 0.3 is 5.97 Å². The van der Waals surface area contributed by atoms with E-state index < -0.39 is 24.3 Å². The number of aliphatic carboxylic acids is 1. The third kappa shape index (κ3) is 4.83. The van der Waals surface area contributed by atoms with Crippen LogP contribution in [0.2, 0.25) is 0 Å². The summed E-state index contributed by atoms with van der Waals surface area (Å²) in [5.41, 5.74) is 0.522. The number of aliphatic hydroxyl groups is 1. The topological polar surface area (TPSA) is 76.0 Å². The Morgan fingerprint density at radius 3 is 2.30 bits per heavy atom. The second kappa shape index (κ2) is 7.87. The minimum Gasteiger partial charge on any atom is -0.494 e. The van der Waals surface area contributed by atoms with E-state index in [1.54, 1.807) is 38.1 Å². The first-order chi connectivity index (χ1) is 9.45. The van der Waals surface area contributed by atoms with Crippen LogP contribution in [0.25, 0.3) is 0 Å². The van der Waals surface area contributed by atoms with Crippen LogP contribution in [-0.2, 0) is 9.53 Å². The van der Waals surface area contributed by atoms with Crippen molar-refractivity contribution in [3.05, 3.63) is 29.8 Å². The van der Waals surface area contributed by atoms with Crippen molar-refractivity contribution in [3.8, 4) is 5.75 Å². The van der Waals surface area contributed by atoms with Crippen molar-refractivity contribution in [1.29, 1.82) is 0 Å². The molecule has 0 saturated carbocycles. The van der Waals surface area contributed by atoms with E-state index in [0.29, 0.717) is 17.9 Å². The van der Waals surface area contributed by atoms with Gasteiger partial charge in [-0.05, 0) is 38.0 Å². The van der Waals surface area contributed by atoms with Crippen LogP contribution < -0.4 is 4.74 Å². The molecule has 0 aliphatic rings. The lowest BCUT2D eigenvalue weighted by atomic mass is 10.1. The van der Waals surface area contributed by atoms with Gasteiger partial charge in [-0.3, -0.25) is 0 Å². The average molecular weight is 282 g/mol. The predicted octanol–water partition coefficient (Wildman–Crippen LogP) is 2.39. The number of rotatable bonds is 8. The Morgan fingerprint density at radius 2 is 1.85 bits per heavy atom. The predicted molar refractivity (Wildman–Crippen MR) is 74.8 cm³/mol. The molecule has 1 aromatic carbocycles. The summed E-state index contributed by atoms with van der Waals surface area (Å²) in [5, 5.41) is 18.6. The summed E-state index contributed by atoms with van der Waals surface area (Å²) in [4.78, 5) is 11.3. The summed E-state index contributed by atoms with van der Waals surface area (Å²) < 4.78 is 10.8. The Balaban J connectivity index is 2.79. The van der Waals surface area contributed by atoms with Gasteiger partial charge in [0.25, 0.3) is 0 Å². The fraction of sp³-hybridized carbons (Fsp3) is 0.533. The van der Waals surface area contributed by atoms with Crippen LogP contribution in [0.15, 0.2) is 24.3 Å². The molecule has 0 spiro atoms. The van der Waals surface area contributed by atoms with Gasteiger partial charge in [-0.25, -0.2) is 4.79 Å². The van der Waals surface area contributed by atoms with Crippen LogP contribution >= 0.6 is 0 Å². The standard InChI is InChI=1S/C15H22O5/c1-4-9-19-13-7-5-12(6-8-13)14(15(17)18)20-11(3)10(2)16/h5-8,10-11,14,16H,4,9H2,1-3H3,(H,17,18). The monoisotopic (exact) mass is 282 g/mol. The molecule has 0 amide bonds. The van der Waals surface area contributed by atoms with E-state index in [0.717, 1.165) is 6.42 Å². The Bertz CT molecular complexity index is 413. The molecule has 5 nitrogen and oxygen atoms in total. The maximum Gasteiger partial charge on any atom is 0.337 e. The molecule has 0 heterocycles. The zero-order chi connectivity index (χ0) is 15.1. The highest BCUT2D eigenvalue weighted by atomic mass is 16.5. The van der Waals surface area contributed by atoms with Crippen LogP contribution in [0.1, 0.15) is 38.9 Å². The summed E-state index contributed by atoms with van der Waals surface area (Å²) in [6.45, 7) is 5.84. The van der Waals surface area contributed by atoms with Gasteiger partial charge in [-0.1, -0.05) is 19.1 Å². The molecule has 0 saturated heterocycles. The van der Waals surface area contributed by atoms with Gasteiger partial charge in [-0.15, -0.1) is 0 Å². The number of hydrogen-bond acceptors (Lipinski definition) is 4. The number of benzene rings is 1. The van der Waals surface area contributed by atoms with Crippen molar-refractivity contribution in [2.45, 2.75) is 45.5 Å². The second-order valence-corrected chi connectivity index (χ2v) is 4.72. The molecular formula is C15H22O5. The Hall–Kier alpha value is -1.59. The maximum absolute atomic E-state index is 11.3. The zero-order valence-corrected chi connectivity index (χ0v) is 12.1. The molecular weight excluding hydrogens is 260 g/mol. The van der Waals surface area contributed by atoms with Crippen LogP contribution in [0.3, 0.4) is 0 Å². The quantitative estimate of drug-likeness (QED) is 0.765. The minimum absolute atomic E-state index is 0.522. The molecule has 1 aromatic rings. The van der Waals surface area contributed by atoms with E-state index in [-0.39, 0.29) is 0 Å². The summed E-state index contributed by atoms with van der Waals surface area (Å²) in [7, 11) is 0. The van der Waals surface area contributed by atoms with Gasteiger partial charge in [0.05, 0.1) is 18.8 Å². The van der Waals surface area contributed by atoms with Crippen molar-refractivity contribution in [2.75, 3.05) is 6.61 Å². The molecule has 3 unspecified atom stereocenters. The largest absolute Gasteiger partial charge is 0.494 e. The van der Waals surface area contributed by atoms with E-state index >= 15 is 0 Å². The Kier molecular flexibility index (Phi) is 6.48. The van der Waals surface area contributed by atoms with Gasteiger partial charge in [-0.2, -0.15) is 0 Å². The first-order valence-corrected chi connectivity index (χ1v) is 6.74. The molecule has 0 radical (unpaired) electrons. The number of hydrogen-bond donors (Lipinski definition) is 2. The van der Waals surface area contributed by atoms with Crippen LogP contribution in [0, 0.1) is 0 Å². The minimum atomic E-state index is -1.10. The van der Waals surface area contributed by atoms with E-state index in [9.17, 15) is 15.0 Å². The summed E-state index contributed by atoms with van der Waals surface area (Å²) in [6, 6.07) is 6.77. The van der Waals surface area contributed by atoms with Crippen molar-refractivity contribution in [2.24, 2.45) is 0 Å². The molecule has 0 aromatic heterocycles. The summed E-state index contributed by atoms with van der Waals surface area (Å²) >= 11 is 0. The SMILES string of the molecule is CCCOc1ccc(C(OC(C)C(C)O)C(=O)O)cc1. The highest BCUT2D eigenvalue weighted by Gasteiger charge is 2.24. The molecule has 112 valence electrons. The second-order valence-electron chi connectivity index (χ2n) is 4.72. The van der Waals surface area contributed by atoms with Crippen LogP contribution in [-0.4, -0.2) is 35.0 Å². The number of carbonyl (C=O) groups is 1. The summed E-state index contributed by atoms with van der Waals surface area (Å²) in [6.07, 6.45) is -1.48. The third-order valence-electron chi connectivity index (χ3n) is 2.91. The van der Waals surface area contributed by atoms with Crippen molar-refractivity contribution >= 4 is 5.97 Å². The highest BCUT2D eigenvalue weighted by molar-refractivity contribution is 5.74. The van der Waals surface area contributed by atoms with Gasteiger partial charge in [0, 0.05) is 0 Å². The first kappa shape index (κ1) is 16.5. The third-order valence-corrected chi connectivity index (χ3v) is 2.91. The van der Waals surface area contributed by atoms with Crippen molar-refractivity contribution in [3.63, 3.8) is 0 Å². The van der Waals surface area contributed by atoms with E-state index in [1.807, 2.05) is 6.92 Å². The lowest BCUT2D eigenvalue weighted by Crippen LogP contribution is -2.28. The van der Waals surface area contributed by atoms with E-state index in [2.05, 4.69) is 0 Å². The van der Waals surface area contributed by atoms with Crippen molar-refractivity contribution in [1.82, 2.24) is 0 Å². The number of carboxylic acids is 1. The number of aliphatic hydroxyl groups excluding tert-OH is 1. The molecule has 5 heteroatoms. The number of carboxylic acid groups (broad SMARTS) is 1. The number of ether oxygens (including phenoxy) is 2. The molecule has 0 aliphatic carbocycles. The lowest BCUT2D eigenvalue weighted by Gasteiger charge is -2.21. The fourth-order valence-electron chi connectivity index (χ4n) is 1.57. The Labute approximate surface area is 119 Å². The van der Waals surface area contributed by atoms with Crippen molar-refractivity contribution < 1.29 is 24.5 Å².